The van der Waals surface area contributed by atoms with Crippen LogP contribution in [0.2, 0.25) is 5.02 Å². The molecule has 1 amide bonds. The first-order chi connectivity index (χ1) is 10.5. The number of hydrogen-bond acceptors (Lipinski definition) is 4. The number of amides is 1. The Kier molecular flexibility index (Phi) is 3.98. The molecule has 0 bridgehead atoms. The Morgan fingerprint density at radius 2 is 2.00 bits per heavy atom. The van der Waals surface area contributed by atoms with Crippen LogP contribution in [0.4, 0.5) is 11.6 Å². The van der Waals surface area contributed by atoms with E-state index in [1.165, 1.54) is 0 Å². The second kappa shape index (κ2) is 5.93. The van der Waals surface area contributed by atoms with Crippen molar-refractivity contribution in [1.29, 1.82) is 0 Å². The van der Waals surface area contributed by atoms with Gasteiger partial charge in [-0.3, -0.25) is 4.79 Å². The number of rotatable bonds is 4. The maximum atomic E-state index is 12.3. The van der Waals surface area contributed by atoms with Gasteiger partial charge in [0.25, 0.3) is 5.91 Å². The van der Waals surface area contributed by atoms with Gasteiger partial charge in [-0.25, -0.2) is 9.97 Å². The van der Waals surface area contributed by atoms with Gasteiger partial charge >= 0.3 is 0 Å². The highest BCUT2D eigenvalue weighted by Crippen LogP contribution is 2.23. The topological polar surface area (TPSA) is 66.9 Å². The number of benzene rings is 1. The number of aryl methyl sites for hydroxylation is 2. The summed E-state index contributed by atoms with van der Waals surface area (Å²) in [6.45, 7) is 3.76. The number of nitrogens with one attached hydrogen (secondary N) is 2. The number of nitrogens with zero attached hydrogens (tertiary/aromatic N) is 2. The van der Waals surface area contributed by atoms with Gasteiger partial charge in [-0.2, -0.15) is 0 Å². The highest BCUT2D eigenvalue weighted by molar-refractivity contribution is 6.31. The van der Waals surface area contributed by atoms with E-state index in [-0.39, 0.29) is 5.91 Å². The van der Waals surface area contributed by atoms with Gasteiger partial charge in [0, 0.05) is 22.4 Å². The van der Waals surface area contributed by atoms with Crippen LogP contribution in [-0.2, 0) is 0 Å². The first-order valence-electron chi connectivity index (χ1n) is 7.21. The molecule has 1 heterocycles. The van der Waals surface area contributed by atoms with Gasteiger partial charge in [-0.15, -0.1) is 0 Å². The molecule has 22 heavy (non-hydrogen) atoms. The van der Waals surface area contributed by atoms with E-state index in [0.717, 1.165) is 24.1 Å². The van der Waals surface area contributed by atoms with Gasteiger partial charge in [0.15, 0.2) is 0 Å². The predicted molar refractivity (Wildman–Crippen MR) is 87.6 cm³/mol. The van der Waals surface area contributed by atoms with Gasteiger partial charge in [-0.1, -0.05) is 17.7 Å². The molecular formula is C16H17ClN4O. The molecule has 1 aromatic carbocycles. The van der Waals surface area contributed by atoms with Crippen molar-refractivity contribution in [2.45, 2.75) is 32.7 Å². The van der Waals surface area contributed by atoms with Crippen molar-refractivity contribution < 1.29 is 4.79 Å². The first-order valence-corrected chi connectivity index (χ1v) is 7.59. The van der Waals surface area contributed by atoms with Crippen LogP contribution in [0.1, 0.15) is 34.6 Å². The highest BCUT2D eigenvalue weighted by atomic mass is 35.5. The zero-order chi connectivity index (χ0) is 15.7. The Morgan fingerprint density at radius 3 is 2.68 bits per heavy atom. The van der Waals surface area contributed by atoms with Crippen LogP contribution in [0.25, 0.3) is 0 Å². The van der Waals surface area contributed by atoms with Crippen LogP contribution in [-0.4, -0.2) is 21.9 Å². The Balaban J connectivity index is 1.78. The zero-order valence-corrected chi connectivity index (χ0v) is 13.2. The van der Waals surface area contributed by atoms with Crippen molar-refractivity contribution in [3.8, 4) is 0 Å². The molecule has 114 valence electrons. The minimum absolute atomic E-state index is 0.274. The third-order valence-corrected chi connectivity index (χ3v) is 3.83. The fraction of sp³-hybridized carbons (Fsp3) is 0.312. The van der Waals surface area contributed by atoms with Crippen molar-refractivity contribution in [3.05, 3.63) is 46.2 Å². The van der Waals surface area contributed by atoms with Gasteiger partial charge < -0.3 is 10.6 Å². The summed E-state index contributed by atoms with van der Waals surface area (Å²) in [5, 5.41) is 6.64. The number of hydrogen-bond donors (Lipinski definition) is 2. The molecule has 0 spiro atoms. The van der Waals surface area contributed by atoms with Gasteiger partial charge in [0.05, 0.1) is 0 Å². The molecule has 6 heteroatoms. The maximum Gasteiger partial charge on any atom is 0.274 e. The Morgan fingerprint density at radius 1 is 1.23 bits per heavy atom. The third-order valence-electron chi connectivity index (χ3n) is 3.43. The van der Waals surface area contributed by atoms with Crippen LogP contribution in [0.3, 0.4) is 0 Å². The summed E-state index contributed by atoms with van der Waals surface area (Å²) >= 11 is 6.07. The number of anilines is 2. The maximum absolute atomic E-state index is 12.3. The monoisotopic (exact) mass is 316 g/mol. The van der Waals surface area contributed by atoms with Crippen molar-refractivity contribution in [3.63, 3.8) is 0 Å². The van der Waals surface area contributed by atoms with E-state index < -0.39 is 0 Å². The van der Waals surface area contributed by atoms with Crippen molar-refractivity contribution in [2.75, 3.05) is 10.6 Å². The molecule has 5 nitrogen and oxygen atoms in total. The number of halogens is 1. The zero-order valence-electron chi connectivity index (χ0n) is 12.5. The average Bonchev–Trinajstić information content (AvgIpc) is 3.26. The van der Waals surface area contributed by atoms with E-state index in [9.17, 15) is 4.79 Å². The minimum atomic E-state index is -0.274. The fourth-order valence-corrected chi connectivity index (χ4v) is 2.21. The summed E-state index contributed by atoms with van der Waals surface area (Å²) in [6.07, 6.45) is 2.25. The molecule has 0 unspecified atom stereocenters. The van der Waals surface area contributed by atoms with Crippen molar-refractivity contribution in [1.82, 2.24) is 9.97 Å². The smallest absolute Gasteiger partial charge is 0.274 e. The van der Waals surface area contributed by atoms with E-state index in [1.54, 1.807) is 12.1 Å². The van der Waals surface area contributed by atoms with Crippen molar-refractivity contribution >= 4 is 29.1 Å². The average molecular weight is 317 g/mol. The Hall–Kier alpha value is -2.14. The van der Waals surface area contributed by atoms with Crippen LogP contribution < -0.4 is 10.6 Å². The minimum Gasteiger partial charge on any atom is -0.351 e. The van der Waals surface area contributed by atoms with Gasteiger partial charge in [0.2, 0.25) is 5.95 Å². The molecule has 1 aliphatic rings. The molecule has 2 aromatic rings. The molecule has 0 radical (unpaired) electrons. The van der Waals surface area contributed by atoms with Crippen LogP contribution in [0.15, 0.2) is 24.3 Å². The molecule has 2 N–H and O–H groups in total. The molecule has 1 saturated carbocycles. The molecule has 1 aromatic heterocycles. The molecule has 1 fully saturated rings. The van der Waals surface area contributed by atoms with Crippen LogP contribution in [0, 0.1) is 13.8 Å². The molecule has 0 atom stereocenters. The Labute approximate surface area is 134 Å². The summed E-state index contributed by atoms with van der Waals surface area (Å²) < 4.78 is 0. The summed E-state index contributed by atoms with van der Waals surface area (Å²) in [6, 6.07) is 7.52. The van der Waals surface area contributed by atoms with E-state index in [0.29, 0.717) is 28.4 Å². The quantitative estimate of drug-likeness (QED) is 0.905. The standard InChI is InChI=1S/C16H17ClN4O/c1-9-3-4-12(8-13(9)17)19-15(22)14-7-10(2)18-16(21-14)20-11-5-6-11/h3-4,7-8,11H,5-6H2,1-2H3,(H,19,22)(H,18,20,21). The molecule has 1 aliphatic carbocycles. The summed E-state index contributed by atoms with van der Waals surface area (Å²) in [5.41, 5.74) is 2.71. The second-order valence-corrected chi connectivity index (χ2v) is 5.96. The number of aromatic nitrogens is 2. The van der Waals surface area contributed by atoms with Crippen molar-refractivity contribution in [2.24, 2.45) is 0 Å². The number of carbonyl (C=O) groups excluding carboxylic acids is 1. The Bertz CT molecular complexity index is 728. The normalized spacial score (nSPS) is 13.8. The van der Waals surface area contributed by atoms with Crippen LogP contribution >= 0.6 is 11.6 Å². The van der Waals surface area contributed by atoms with E-state index in [1.807, 2.05) is 26.0 Å². The summed E-state index contributed by atoms with van der Waals surface area (Å²) in [7, 11) is 0. The van der Waals surface area contributed by atoms with E-state index in [2.05, 4.69) is 20.6 Å². The lowest BCUT2D eigenvalue weighted by molar-refractivity contribution is 0.102. The number of carbonyl (C=O) groups is 1. The second-order valence-electron chi connectivity index (χ2n) is 5.55. The van der Waals surface area contributed by atoms with Crippen LogP contribution in [0.5, 0.6) is 0 Å². The fourth-order valence-electron chi connectivity index (χ4n) is 2.03. The molecule has 0 aliphatic heterocycles. The largest absolute Gasteiger partial charge is 0.351 e. The lowest BCUT2D eigenvalue weighted by atomic mass is 10.2. The summed E-state index contributed by atoms with van der Waals surface area (Å²) in [5.74, 6) is 0.235. The predicted octanol–water partition coefficient (Wildman–Crippen LogP) is 3.57. The first kappa shape index (κ1) is 14.8. The SMILES string of the molecule is Cc1cc(C(=O)Nc2ccc(C)c(Cl)c2)nc(NC2CC2)n1. The molecule has 0 saturated heterocycles. The lowest BCUT2D eigenvalue weighted by Gasteiger charge is -2.09. The summed E-state index contributed by atoms with van der Waals surface area (Å²) in [4.78, 5) is 20.9. The molecule has 3 rings (SSSR count). The highest BCUT2D eigenvalue weighted by Gasteiger charge is 2.22. The van der Waals surface area contributed by atoms with E-state index in [4.69, 9.17) is 11.6 Å². The lowest BCUT2D eigenvalue weighted by Crippen LogP contribution is -2.16. The van der Waals surface area contributed by atoms with Gasteiger partial charge in [0.1, 0.15) is 5.69 Å². The van der Waals surface area contributed by atoms with E-state index >= 15 is 0 Å². The third kappa shape index (κ3) is 3.54. The molecular weight excluding hydrogens is 300 g/mol. The van der Waals surface area contributed by atoms with Gasteiger partial charge in [-0.05, 0) is 50.5 Å².